The fourth-order valence-electron chi connectivity index (χ4n) is 2.81. The molecule has 26 heavy (non-hydrogen) atoms. The van der Waals surface area contributed by atoms with Gasteiger partial charge in [0.1, 0.15) is 12.6 Å². The van der Waals surface area contributed by atoms with Gasteiger partial charge in [-0.05, 0) is 42.7 Å². The van der Waals surface area contributed by atoms with Gasteiger partial charge < -0.3 is 14.6 Å². The van der Waals surface area contributed by atoms with Crippen molar-refractivity contribution in [1.82, 2.24) is 5.32 Å². The van der Waals surface area contributed by atoms with Gasteiger partial charge in [0.25, 0.3) is 0 Å². The lowest BCUT2D eigenvalue weighted by molar-refractivity contribution is -0.138. The van der Waals surface area contributed by atoms with Crippen molar-refractivity contribution in [2.24, 2.45) is 0 Å². The average Bonchev–Trinajstić information content (AvgIpc) is 3.12. The van der Waals surface area contributed by atoms with Crippen LogP contribution >= 0.6 is 11.8 Å². The Hall–Kier alpha value is -2.18. The molecule has 138 valence electrons. The topological polar surface area (TPSA) is 67.8 Å². The highest BCUT2D eigenvalue weighted by atomic mass is 32.2. The minimum Gasteiger partial charge on any atom is -0.490 e. The van der Waals surface area contributed by atoms with Gasteiger partial charge >= 0.3 is 5.97 Å². The van der Waals surface area contributed by atoms with Gasteiger partial charge in [0.15, 0.2) is 11.5 Å². The third-order valence-electron chi connectivity index (χ3n) is 4.30. The average molecular weight is 373 g/mol. The van der Waals surface area contributed by atoms with Gasteiger partial charge in [-0.3, -0.25) is 10.1 Å². The van der Waals surface area contributed by atoms with Crippen LogP contribution < -0.4 is 14.8 Å². The molecule has 2 N–H and O–H groups in total. The van der Waals surface area contributed by atoms with E-state index in [1.165, 1.54) is 5.56 Å². The van der Waals surface area contributed by atoms with Crippen molar-refractivity contribution < 1.29 is 19.4 Å². The van der Waals surface area contributed by atoms with Crippen molar-refractivity contribution >= 4 is 17.7 Å². The van der Waals surface area contributed by atoms with E-state index in [2.05, 4.69) is 24.4 Å². The predicted molar refractivity (Wildman–Crippen MR) is 103 cm³/mol. The highest BCUT2D eigenvalue weighted by molar-refractivity contribution is 7.99. The van der Waals surface area contributed by atoms with Gasteiger partial charge in [-0.2, -0.15) is 0 Å². The van der Waals surface area contributed by atoms with Crippen LogP contribution in [0.25, 0.3) is 0 Å². The summed E-state index contributed by atoms with van der Waals surface area (Å²) in [5.74, 6) is 1.11. The zero-order valence-electron chi connectivity index (χ0n) is 14.9. The van der Waals surface area contributed by atoms with E-state index in [0.717, 1.165) is 11.1 Å². The molecular weight excluding hydrogens is 350 g/mol. The first kappa shape index (κ1) is 18.6. The summed E-state index contributed by atoms with van der Waals surface area (Å²) in [4.78, 5) is 11.1. The van der Waals surface area contributed by atoms with Gasteiger partial charge in [0, 0.05) is 5.75 Å². The molecule has 0 unspecified atom stereocenters. The summed E-state index contributed by atoms with van der Waals surface area (Å²) in [5, 5.41) is 12.2. The third-order valence-corrected chi connectivity index (χ3v) is 5.56. The fourth-order valence-corrected chi connectivity index (χ4v) is 4.03. The lowest BCUT2D eigenvalue weighted by atomic mass is 10.1. The second-order valence-electron chi connectivity index (χ2n) is 6.13. The number of rotatable bonds is 7. The van der Waals surface area contributed by atoms with Gasteiger partial charge in [-0.15, -0.1) is 11.8 Å². The number of carboxylic acid groups (broad SMARTS) is 1. The quantitative estimate of drug-likeness (QED) is 0.770. The number of hydrogen-bond acceptors (Lipinski definition) is 5. The predicted octanol–water partition coefficient (Wildman–Crippen LogP) is 3.76. The molecular formula is C20H23NO4S. The van der Waals surface area contributed by atoms with E-state index in [9.17, 15) is 4.79 Å². The van der Waals surface area contributed by atoms with Crippen LogP contribution in [0, 0.1) is 6.92 Å². The lowest BCUT2D eigenvalue weighted by Gasteiger charge is -2.17. The van der Waals surface area contributed by atoms with Crippen molar-refractivity contribution in [2.75, 3.05) is 12.4 Å². The molecule has 0 spiro atoms. The smallest absolute Gasteiger partial charge is 0.321 e. The van der Waals surface area contributed by atoms with Gasteiger partial charge in [0.2, 0.25) is 0 Å². The number of thioether (sulfide) groups is 1. The number of aliphatic carboxylic acids is 1. The summed E-state index contributed by atoms with van der Waals surface area (Å²) >= 11 is 1.59. The van der Waals surface area contributed by atoms with Crippen molar-refractivity contribution in [3.63, 3.8) is 0 Å². The Kier molecular flexibility index (Phi) is 6.06. The molecule has 0 saturated carbocycles. The molecule has 2 atom stereocenters. The number of carboxylic acids is 1. The van der Waals surface area contributed by atoms with Gasteiger partial charge in [0.05, 0.1) is 12.0 Å². The first-order valence-corrected chi connectivity index (χ1v) is 9.68. The maximum Gasteiger partial charge on any atom is 0.321 e. The summed E-state index contributed by atoms with van der Waals surface area (Å²) in [6.45, 7) is 5.00. The molecule has 5 nitrogen and oxygen atoms in total. The third kappa shape index (κ3) is 4.31. The Morgan fingerprint density at radius 1 is 1.23 bits per heavy atom. The maximum atomic E-state index is 11.1. The summed E-state index contributed by atoms with van der Waals surface area (Å²) in [5.41, 5.74) is 3.31. The molecule has 0 amide bonds. The van der Waals surface area contributed by atoms with Crippen molar-refractivity contribution in [1.29, 1.82) is 0 Å². The van der Waals surface area contributed by atoms with Gasteiger partial charge in [-0.25, -0.2) is 0 Å². The Morgan fingerprint density at radius 3 is 2.73 bits per heavy atom. The molecule has 1 saturated heterocycles. The molecule has 0 radical (unpaired) electrons. The second-order valence-corrected chi connectivity index (χ2v) is 7.26. The zero-order valence-corrected chi connectivity index (χ0v) is 15.7. The second kappa shape index (κ2) is 8.47. The van der Waals surface area contributed by atoms with Crippen LogP contribution in [0.5, 0.6) is 11.5 Å². The van der Waals surface area contributed by atoms with Crippen molar-refractivity contribution in [3.05, 3.63) is 59.2 Å². The van der Waals surface area contributed by atoms with Gasteiger partial charge in [-0.1, -0.05) is 30.3 Å². The number of benzene rings is 2. The molecule has 1 fully saturated rings. The normalized spacial score (nSPS) is 19.3. The molecule has 0 bridgehead atoms. The highest BCUT2D eigenvalue weighted by Crippen LogP contribution is 2.38. The summed E-state index contributed by atoms with van der Waals surface area (Å²) < 4.78 is 11.7. The van der Waals surface area contributed by atoms with E-state index >= 15 is 0 Å². The van der Waals surface area contributed by atoms with Crippen LogP contribution in [0.1, 0.15) is 29.0 Å². The molecule has 3 rings (SSSR count). The molecule has 2 aromatic rings. The zero-order chi connectivity index (χ0) is 18.5. The van der Waals surface area contributed by atoms with Crippen molar-refractivity contribution in [3.8, 4) is 11.5 Å². The van der Waals surface area contributed by atoms with Crippen LogP contribution in [0.4, 0.5) is 0 Å². The van der Waals surface area contributed by atoms with E-state index in [0.29, 0.717) is 30.5 Å². The first-order valence-electron chi connectivity index (χ1n) is 8.63. The molecule has 1 aliphatic heterocycles. The summed E-state index contributed by atoms with van der Waals surface area (Å²) in [6, 6.07) is 13.4. The number of ether oxygens (including phenoxy) is 2. The molecule has 0 aliphatic carbocycles. The molecule has 0 aromatic heterocycles. The van der Waals surface area contributed by atoms with E-state index in [-0.39, 0.29) is 5.37 Å². The standard InChI is InChI=1S/C20H23NO4S/c1-3-24-18-10-14(19-21-16(12-26-19)20(22)23)8-9-17(18)25-11-15-7-5-4-6-13(15)2/h4-10,16,19,21H,3,11-12H2,1-2H3,(H,22,23)/t16-,19+/m0/s1. The molecule has 1 heterocycles. The fraction of sp³-hybridized carbons (Fsp3) is 0.350. The Bertz CT molecular complexity index is 780. The Balaban J connectivity index is 1.74. The lowest BCUT2D eigenvalue weighted by Crippen LogP contribution is -2.33. The molecule has 2 aromatic carbocycles. The molecule has 1 aliphatic rings. The van der Waals surface area contributed by atoms with Crippen LogP contribution in [-0.2, 0) is 11.4 Å². The van der Waals surface area contributed by atoms with E-state index in [4.69, 9.17) is 14.6 Å². The largest absolute Gasteiger partial charge is 0.490 e. The monoisotopic (exact) mass is 373 g/mol. The van der Waals surface area contributed by atoms with Crippen LogP contribution in [0.15, 0.2) is 42.5 Å². The van der Waals surface area contributed by atoms with Crippen LogP contribution in [-0.4, -0.2) is 29.5 Å². The maximum absolute atomic E-state index is 11.1. The van der Waals surface area contributed by atoms with E-state index in [1.54, 1.807) is 11.8 Å². The minimum atomic E-state index is -0.816. The van der Waals surface area contributed by atoms with Crippen LogP contribution in [0.2, 0.25) is 0 Å². The Morgan fingerprint density at radius 2 is 2.04 bits per heavy atom. The van der Waals surface area contributed by atoms with E-state index < -0.39 is 12.0 Å². The summed E-state index contributed by atoms with van der Waals surface area (Å²) in [6.07, 6.45) is 0. The van der Waals surface area contributed by atoms with E-state index in [1.807, 2.05) is 37.3 Å². The number of aryl methyl sites for hydroxylation is 1. The Labute approximate surface area is 157 Å². The molecule has 6 heteroatoms. The van der Waals surface area contributed by atoms with Crippen molar-refractivity contribution in [2.45, 2.75) is 31.9 Å². The number of nitrogens with one attached hydrogen (secondary N) is 1. The first-order chi connectivity index (χ1) is 12.6. The number of hydrogen-bond donors (Lipinski definition) is 2. The number of carbonyl (C=O) groups is 1. The summed E-state index contributed by atoms with van der Waals surface area (Å²) in [7, 11) is 0. The SMILES string of the molecule is CCOc1cc([C@@H]2N[C@H](C(=O)O)CS2)ccc1OCc1ccccc1C. The van der Waals surface area contributed by atoms with Crippen LogP contribution in [0.3, 0.4) is 0 Å². The highest BCUT2D eigenvalue weighted by Gasteiger charge is 2.30. The minimum absolute atomic E-state index is 0.0549.